The van der Waals surface area contributed by atoms with Crippen molar-refractivity contribution in [3.8, 4) is 0 Å². The zero-order valence-corrected chi connectivity index (χ0v) is 22.2. The number of anilines is 1. The van der Waals surface area contributed by atoms with E-state index in [2.05, 4.69) is 4.90 Å². The predicted molar refractivity (Wildman–Crippen MR) is 149 cm³/mol. The summed E-state index contributed by atoms with van der Waals surface area (Å²) in [5.74, 6) is -0.205. The Kier molecular flexibility index (Phi) is 7.96. The number of aryl methyl sites for hydroxylation is 1. The third-order valence-corrected chi connectivity index (χ3v) is 7.75. The van der Waals surface area contributed by atoms with Crippen molar-refractivity contribution in [2.45, 2.75) is 13.3 Å². The molecule has 0 N–H and O–H groups in total. The molecular formula is C29H28ClN3O3S. The molecule has 0 unspecified atom stereocenters. The minimum atomic E-state index is -0.136. The number of ketones is 1. The molecule has 1 fully saturated rings. The van der Waals surface area contributed by atoms with Crippen molar-refractivity contribution in [1.82, 2.24) is 9.88 Å². The lowest BCUT2D eigenvalue weighted by atomic mass is 10.0. The molecule has 8 heteroatoms. The molecule has 4 aromatic rings. The van der Waals surface area contributed by atoms with Gasteiger partial charge >= 0.3 is 0 Å². The quantitative estimate of drug-likeness (QED) is 0.265. The van der Waals surface area contributed by atoms with Crippen LogP contribution in [-0.2, 0) is 4.74 Å². The highest BCUT2D eigenvalue weighted by Gasteiger charge is 2.23. The van der Waals surface area contributed by atoms with Gasteiger partial charge in [0.15, 0.2) is 10.9 Å². The van der Waals surface area contributed by atoms with Crippen LogP contribution in [-0.4, -0.2) is 61.0 Å². The van der Waals surface area contributed by atoms with Crippen molar-refractivity contribution in [2.75, 3.05) is 44.3 Å². The molecule has 2 heterocycles. The van der Waals surface area contributed by atoms with Gasteiger partial charge < -0.3 is 4.74 Å². The van der Waals surface area contributed by atoms with Crippen LogP contribution in [0, 0.1) is 6.92 Å². The number of morpholine rings is 1. The topological polar surface area (TPSA) is 62.7 Å². The first-order valence-corrected chi connectivity index (χ1v) is 13.6. The second-order valence-corrected chi connectivity index (χ2v) is 10.5. The summed E-state index contributed by atoms with van der Waals surface area (Å²) >= 11 is 7.75. The van der Waals surface area contributed by atoms with Gasteiger partial charge in [-0.1, -0.05) is 65.4 Å². The number of rotatable bonds is 8. The Labute approximate surface area is 225 Å². The average molecular weight is 534 g/mol. The van der Waals surface area contributed by atoms with Gasteiger partial charge in [0.1, 0.15) is 0 Å². The molecule has 37 heavy (non-hydrogen) atoms. The average Bonchev–Trinajstić information content (AvgIpc) is 3.35. The predicted octanol–water partition coefficient (Wildman–Crippen LogP) is 5.86. The van der Waals surface area contributed by atoms with E-state index in [-0.39, 0.29) is 11.7 Å². The molecule has 3 aromatic carbocycles. The molecule has 1 aliphatic rings. The third kappa shape index (κ3) is 5.91. The lowest BCUT2D eigenvalue weighted by Gasteiger charge is -2.27. The SMILES string of the molecule is Cc1cc(Cl)cc2sc(N(CCCN3CCOCC3)C(=O)c3ccc(C(=O)c4ccccc4)cc3)nc12. The molecule has 1 amide bonds. The van der Waals surface area contributed by atoms with Gasteiger partial charge in [0, 0.05) is 47.9 Å². The fourth-order valence-corrected chi connectivity index (χ4v) is 5.94. The van der Waals surface area contributed by atoms with Crippen LogP contribution in [0.3, 0.4) is 0 Å². The van der Waals surface area contributed by atoms with Crippen molar-refractivity contribution in [3.05, 3.63) is 94.0 Å². The van der Waals surface area contributed by atoms with Crippen LogP contribution in [0.25, 0.3) is 10.2 Å². The minimum Gasteiger partial charge on any atom is -0.379 e. The van der Waals surface area contributed by atoms with Gasteiger partial charge in [-0.05, 0) is 43.2 Å². The first kappa shape index (κ1) is 25.5. The van der Waals surface area contributed by atoms with Crippen molar-refractivity contribution in [3.63, 3.8) is 0 Å². The number of thiazole rings is 1. The molecule has 6 nitrogen and oxygen atoms in total. The van der Waals surface area contributed by atoms with Crippen molar-refractivity contribution >= 4 is 50.0 Å². The zero-order chi connectivity index (χ0) is 25.8. The Morgan fingerprint density at radius 1 is 1.00 bits per heavy atom. The molecule has 0 spiro atoms. The number of fused-ring (bicyclic) bond motifs is 1. The van der Waals surface area contributed by atoms with Gasteiger partial charge in [0.25, 0.3) is 5.91 Å². The maximum atomic E-state index is 13.8. The lowest BCUT2D eigenvalue weighted by Crippen LogP contribution is -2.39. The first-order valence-electron chi connectivity index (χ1n) is 12.4. The van der Waals surface area contributed by atoms with Gasteiger partial charge in [-0.25, -0.2) is 4.98 Å². The second kappa shape index (κ2) is 11.5. The summed E-state index contributed by atoms with van der Waals surface area (Å²) in [4.78, 5) is 35.5. The Bertz CT molecular complexity index is 1400. The van der Waals surface area contributed by atoms with Gasteiger partial charge in [-0.3, -0.25) is 19.4 Å². The third-order valence-electron chi connectivity index (χ3n) is 6.50. The van der Waals surface area contributed by atoms with Crippen LogP contribution in [0.5, 0.6) is 0 Å². The number of benzene rings is 3. The van der Waals surface area contributed by atoms with E-state index in [1.54, 1.807) is 41.3 Å². The number of hydrogen-bond donors (Lipinski definition) is 0. The summed E-state index contributed by atoms with van der Waals surface area (Å²) in [5.41, 5.74) is 3.53. The maximum absolute atomic E-state index is 13.8. The molecule has 1 aromatic heterocycles. The first-order chi connectivity index (χ1) is 18.0. The molecule has 190 valence electrons. The van der Waals surface area contributed by atoms with Crippen LogP contribution in [0.4, 0.5) is 5.13 Å². The van der Waals surface area contributed by atoms with Crippen molar-refractivity contribution in [1.29, 1.82) is 0 Å². The van der Waals surface area contributed by atoms with E-state index in [1.165, 1.54) is 11.3 Å². The van der Waals surface area contributed by atoms with E-state index < -0.39 is 0 Å². The number of carbonyl (C=O) groups is 2. The number of carbonyl (C=O) groups excluding carboxylic acids is 2. The van der Waals surface area contributed by atoms with E-state index in [4.69, 9.17) is 21.3 Å². The highest BCUT2D eigenvalue weighted by molar-refractivity contribution is 7.22. The highest BCUT2D eigenvalue weighted by Crippen LogP contribution is 2.34. The van der Waals surface area contributed by atoms with Crippen LogP contribution < -0.4 is 4.90 Å². The van der Waals surface area contributed by atoms with Crippen LogP contribution in [0.15, 0.2) is 66.7 Å². The standard InChI is InChI=1S/C29H28ClN3O3S/c1-20-18-24(30)19-25-26(20)31-29(37-25)33(13-5-12-32-14-16-36-17-15-32)28(35)23-10-8-22(9-11-23)27(34)21-6-3-2-4-7-21/h2-4,6-11,18-19H,5,12-17H2,1H3. The summed E-state index contributed by atoms with van der Waals surface area (Å²) in [6.07, 6.45) is 0.811. The fourth-order valence-electron chi connectivity index (χ4n) is 4.50. The fraction of sp³-hybridized carbons (Fsp3) is 0.276. The smallest absolute Gasteiger partial charge is 0.260 e. The van der Waals surface area contributed by atoms with E-state index >= 15 is 0 Å². The molecule has 0 saturated carbocycles. The molecule has 1 saturated heterocycles. The van der Waals surface area contributed by atoms with E-state index in [1.807, 2.05) is 37.3 Å². The van der Waals surface area contributed by atoms with E-state index in [0.717, 1.165) is 55.0 Å². The zero-order valence-electron chi connectivity index (χ0n) is 20.7. The minimum absolute atomic E-state index is 0.0690. The lowest BCUT2D eigenvalue weighted by molar-refractivity contribution is 0.0376. The van der Waals surface area contributed by atoms with Gasteiger partial charge in [-0.2, -0.15) is 0 Å². The molecule has 0 radical (unpaired) electrons. The van der Waals surface area contributed by atoms with Gasteiger partial charge in [0.05, 0.1) is 23.4 Å². The molecule has 5 rings (SSSR count). The molecule has 1 aliphatic heterocycles. The Morgan fingerprint density at radius 3 is 2.41 bits per heavy atom. The number of amides is 1. The van der Waals surface area contributed by atoms with Crippen LogP contribution >= 0.6 is 22.9 Å². The number of aromatic nitrogens is 1. The molecule has 0 aliphatic carbocycles. The van der Waals surface area contributed by atoms with E-state index in [0.29, 0.717) is 33.4 Å². The monoisotopic (exact) mass is 533 g/mol. The van der Waals surface area contributed by atoms with E-state index in [9.17, 15) is 9.59 Å². The molecule has 0 bridgehead atoms. The number of nitrogens with zero attached hydrogens (tertiary/aromatic N) is 3. The maximum Gasteiger partial charge on any atom is 0.260 e. The number of halogens is 1. The van der Waals surface area contributed by atoms with Crippen molar-refractivity contribution in [2.24, 2.45) is 0 Å². The largest absolute Gasteiger partial charge is 0.379 e. The normalized spacial score (nSPS) is 14.1. The summed E-state index contributed by atoms with van der Waals surface area (Å²) in [5, 5.41) is 1.31. The van der Waals surface area contributed by atoms with Gasteiger partial charge in [-0.15, -0.1) is 0 Å². The van der Waals surface area contributed by atoms with Gasteiger partial charge in [0.2, 0.25) is 0 Å². The summed E-state index contributed by atoms with van der Waals surface area (Å²) in [7, 11) is 0. The summed E-state index contributed by atoms with van der Waals surface area (Å²) in [6.45, 7) is 6.70. The van der Waals surface area contributed by atoms with Crippen LogP contribution in [0.2, 0.25) is 5.02 Å². The Morgan fingerprint density at radius 2 is 1.68 bits per heavy atom. The summed E-state index contributed by atoms with van der Waals surface area (Å²) < 4.78 is 6.41. The molecule has 0 atom stereocenters. The summed E-state index contributed by atoms with van der Waals surface area (Å²) in [6, 6.07) is 19.8. The van der Waals surface area contributed by atoms with Crippen molar-refractivity contribution < 1.29 is 14.3 Å². The Hall–Kier alpha value is -3.10. The Balaban J connectivity index is 1.39. The number of ether oxygens (including phenoxy) is 1. The molecular weight excluding hydrogens is 506 g/mol. The second-order valence-electron chi connectivity index (χ2n) is 9.10. The van der Waals surface area contributed by atoms with Crippen LogP contribution in [0.1, 0.15) is 38.3 Å². The number of hydrogen-bond acceptors (Lipinski definition) is 6. The highest BCUT2D eigenvalue weighted by atomic mass is 35.5.